The van der Waals surface area contributed by atoms with Crippen molar-refractivity contribution in [2.24, 2.45) is 5.73 Å². The highest BCUT2D eigenvalue weighted by atomic mass is 31.2. The number of nitrogens with one attached hydrogen (secondary N) is 2. The fourth-order valence-corrected chi connectivity index (χ4v) is 3.79. The van der Waals surface area contributed by atoms with Crippen LogP contribution in [0.5, 0.6) is 0 Å². The number of hydrogen-bond acceptors (Lipinski definition) is 8. The second-order valence-electron chi connectivity index (χ2n) is 7.26. The molecule has 14 heteroatoms. The van der Waals surface area contributed by atoms with Crippen LogP contribution >= 0.6 is 7.82 Å². The van der Waals surface area contributed by atoms with E-state index in [9.17, 15) is 24.1 Å². The number of rotatable bonds is 12. The molecule has 1 aromatic heterocycles. The minimum atomic E-state index is -4.85. The molecule has 1 aliphatic rings. The number of amides is 1. The van der Waals surface area contributed by atoms with E-state index >= 15 is 0 Å². The number of phosphoric acid groups is 1. The molecule has 2 rings (SSSR count). The molecule has 180 valence electrons. The smallest absolute Gasteiger partial charge is 0.394 e. The maximum absolute atomic E-state index is 12.2. The molecule has 0 spiro atoms. The molecule has 1 saturated heterocycles. The molecule has 1 aliphatic heterocycles. The maximum atomic E-state index is 12.2. The summed E-state index contributed by atoms with van der Waals surface area (Å²) in [5, 5.41) is 12.1. The van der Waals surface area contributed by atoms with Gasteiger partial charge in [0.15, 0.2) is 0 Å². The van der Waals surface area contributed by atoms with Crippen LogP contribution in [0, 0.1) is 0 Å². The van der Waals surface area contributed by atoms with Crippen LogP contribution in [-0.2, 0) is 18.6 Å². The molecule has 1 aromatic rings. The Morgan fingerprint density at radius 2 is 2.06 bits per heavy atom. The fraction of sp³-hybridized carbons (Fsp3) is 0.611. The van der Waals surface area contributed by atoms with Crippen molar-refractivity contribution < 1.29 is 33.5 Å². The number of aromatic nitrogens is 2. The Kier molecular flexibility index (Phi) is 9.97. The number of aromatic amines is 1. The minimum Gasteiger partial charge on any atom is -0.394 e. The van der Waals surface area contributed by atoms with Gasteiger partial charge in [-0.15, -0.1) is 0 Å². The van der Waals surface area contributed by atoms with Crippen LogP contribution in [0.2, 0.25) is 0 Å². The average Bonchev–Trinajstić information content (AvgIpc) is 3.10. The van der Waals surface area contributed by atoms with Crippen LogP contribution < -0.4 is 22.3 Å². The topological polar surface area (TPSA) is 206 Å². The van der Waals surface area contributed by atoms with Crippen LogP contribution in [0.4, 0.5) is 0 Å². The third-order valence-corrected chi connectivity index (χ3v) is 5.33. The lowest BCUT2D eigenvalue weighted by Gasteiger charge is -2.16. The number of hydrogen-bond donors (Lipinski definition) is 6. The van der Waals surface area contributed by atoms with Crippen molar-refractivity contribution in [3.63, 3.8) is 0 Å². The van der Waals surface area contributed by atoms with Crippen LogP contribution in [-0.4, -0.2) is 62.3 Å². The first-order valence-electron chi connectivity index (χ1n) is 10.2. The van der Waals surface area contributed by atoms with Gasteiger partial charge in [0.2, 0.25) is 5.91 Å². The predicted octanol–water partition coefficient (Wildman–Crippen LogP) is -1.06. The van der Waals surface area contributed by atoms with Gasteiger partial charge in [-0.25, -0.2) is 9.36 Å². The Balaban J connectivity index is 2.05. The largest absolute Gasteiger partial charge is 0.469 e. The zero-order valence-electron chi connectivity index (χ0n) is 17.4. The number of nitrogens with two attached hydrogens (primary N) is 1. The van der Waals surface area contributed by atoms with Gasteiger partial charge in [-0.05, 0) is 25.5 Å². The number of aliphatic hydroxyl groups is 1. The Morgan fingerprint density at radius 3 is 2.72 bits per heavy atom. The Labute approximate surface area is 183 Å². The molecule has 0 radical (unpaired) electrons. The van der Waals surface area contributed by atoms with E-state index in [1.165, 1.54) is 6.08 Å². The normalized spacial score (nSPS) is 21.3. The number of phosphoric ester groups is 1. The average molecular weight is 476 g/mol. The van der Waals surface area contributed by atoms with Gasteiger partial charge in [0.1, 0.15) is 18.4 Å². The summed E-state index contributed by atoms with van der Waals surface area (Å²) in [6.07, 6.45) is 3.76. The molecule has 13 nitrogen and oxygen atoms in total. The van der Waals surface area contributed by atoms with Crippen molar-refractivity contribution in [2.45, 2.75) is 50.5 Å². The summed E-state index contributed by atoms with van der Waals surface area (Å²) in [6, 6.07) is 0. The van der Waals surface area contributed by atoms with E-state index in [0.717, 1.165) is 42.5 Å². The van der Waals surface area contributed by atoms with Crippen molar-refractivity contribution in [3.8, 4) is 0 Å². The molecule has 3 atom stereocenters. The molecule has 2 heterocycles. The molecule has 0 saturated carbocycles. The first-order chi connectivity index (χ1) is 15.1. The summed E-state index contributed by atoms with van der Waals surface area (Å²) in [5.74, 6) is -0.409. The van der Waals surface area contributed by atoms with Crippen LogP contribution in [0.1, 0.15) is 43.9 Å². The van der Waals surface area contributed by atoms with E-state index in [-0.39, 0.29) is 12.0 Å². The first kappa shape index (κ1) is 26.1. The van der Waals surface area contributed by atoms with E-state index in [1.54, 1.807) is 0 Å². The quantitative estimate of drug-likeness (QED) is 0.122. The monoisotopic (exact) mass is 476 g/mol. The lowest BCUT2D eigenvalue weighted by Crippen LogP contribution is -2.33. The molecule has 1 amide bonds. The molecule has 7 N–H and O–H groups in total. The van der Waals surface area contributed by atoms with Gasteiger partial charge < -0.3 is 30.7 Å². The molecule has 0 unspecified atom stereocenters. The highest BCUT2D eigenvalue weighted by molar-refractivity contribution is 7.46. The van der Waals surface area contributed by atoms with Crippen LogP contribution in [0.3, 0.4) is 0 Å². The lowest BCUT2D eigenvalue weighted by molar-refractivity contribution is -0.116. The Morgan fingerprint density at radius 1 is 1.34 bits per heavy atom. The molecule has 0 bridgehead atoms. The second-order valence-corrected chi connectivity index (χ2v) is 8.45. The van der Waals surface area contributed by atoms with Crippen LogP contribution in [0.25, 0.3) is 6.08 Å². The molecular formula is C18H29N4O9P. The third kappa shape index (κ3) is 8.10. The molecule has 1 fully saturated rings. The van der Waals surface area contributed by atoms with Crippen LogP contribution in [0.15, 0.2) is 21.9 Å². The van der Waals surface area contributed by atoms with Gasteiger partial charge in [-0.1, -0.05) is 12.8 Å². The van der Waals surface area contributed by atoms with Crippen molar-refractivity contribution in [3.05, 3.63) is 38.7 Å². The number of carbonyl (C=O) groups excluding carboxylic acids is 1. The first-order valence-corrected chi connectivity index (χ1v) is 11.7. The fourth-order valence-electron chi connectivity index (χ4n) is 3.21. The summed E-state index contributed by atoms with van der Waals surface area (Å²) < 4.78 is 22.2. The Bertz CT molecular complexity index is 955. The maximum Gasteiger partial charge on any atom is 0.469 e. The van der Waals surface area contributed by atoms with Gasteiger partial charge >= 0.3 is 13.5 Å². The van der Waals surface area contributed by atoms with E-state index in [2.05, 4.69) is 14.8 Å². The van der Waals surface area contributed by atoms with Gasteiger partial charge in [0, 0.05) is 25.2 Å². The van der Waals surface area contributed by atoms with Gasteiger partial charge in [0.05, 0.1) is 12.2 Å². The third-order valence-electron chi connectivity index (χ3n) is 4.78. The van der Waals surface area contributed by atoms with Gasteiger partial charge in [-0.3, -0.25) is 23.7 Å². The predicted molar refractivity (Wildman–Crippen MR) is 113 cm³/mol. The second kappa shape index (κ2) is 12.2. The number of carbonyl (C=O) groups is 1. The summed E-state index contributed by atoms with van der Waals surface area (Å²) in [6.45, 7) is 0.511. The Hall–Kier alpha value is -2.12. The summed E-state index contributed by atoms with van der Waals surface area (Å²) in [5.41, 5.74) is 3.86. The molecule has 0 aliphatic carbocycles. The van der Waals surface area contributed by atoms with E-state index in [0.29, 0.717) is 13.1 Å². The van der Waals surface area contributed by atoms with Gasteiger partial charge in [-0.2, -0.15) is 0 Å². The highest BCUT2D eigenvalue weighted by Gasteiger charge is 2.40. The molecule has 32 heavy (non-hydrogen) atoms. The zero-order chi connectivity index (χ0) is 23.7. The number of unbranched alkanes of at least 4 members (excludes halogenated alkanes) is 3. The van der Waals surface area contributed by atoms with Crippen molar-refractivity contribution >= 4 is 19.8 Å². The van der Waals surface area contributed by atoms with Crippen molar-refractivity contribution in [1.29, 1.82) is 0 Å². The lowest BCUT2D eigenvalue weighted by atomic mass is 10.2. The van der Waals surface area contributed by atoms with Crippen molar-refractivity contribution in [1.82, 2.24) is 14.9 Å². The summed E-state index contributed by atoms with van der Waals surface area (Å²) in [4.78, 5) is 56.3. The number of nitrogens with zero attached hydrogens (tertiary/aromatic N) is 1. The van der Waals surface area contributed by atoms with E-state index < -0.39 is 50.0 Å². The standard InChI is InChI=1S/C18H29N4O9P/c19-7-3-1-2-4-8-20-15(24)6-5-12-10-22(18(26)21-17(12)25)16-9-13(14(11-23)30-16)31-32(27,28)29/h5-6,10,13-14,16,23H,1-4,7-9,11,19H2,(H,20,24)(H,21,25,26)(H2,27,28,29)/t13-,14-,16-/m1/s1. The number of aliphatic hydroxyl groups excluding tert-OH is 1. The summed E-state index contributed by atoms with van der Waals surface area (Å²) in [7, 11) is -4.85. The molecule has 0 aromatic carbocycles. The number of ether oxygens (including phenoxy) is 1. The number of H-pyrrole nitrogens is 1. The molecular weight excluding hydrogens is 447 g/mol. The van der Waals surface area contributed by atoms with E-state index in [1.807, 2.05) is 0 Å². The van der Waals surface area contributed by atoms with Crippen molar-refractivity contribution in [2.75, 3.05) is 19.7 Å². The van der Waals surface area contributed by atoms with E-state index in [4.69, 9.17) is 20.3 Å². The SMILES string of the molecule is NCCCCCCNC(=O)C=Cc1cn([C@H]2C[C@@H](OP(=O)(O)O)[C@@H](CO)O2)c(=O)[nH]c1=O. The van der Waals surface area contributed by atoms with Gasteiger partial charge in [0.25, 0.3) is 5.56 Å². The highest BCUT2D eigenvalue weighted by Crippen LogP contribution is 2.43. The minimum absolute atomic E-state index is 0.00815. The zero-order valence-corrected chi connectivity index (χ0v) is 18.3. The summed E-state index contributed by atoms with van der Waals surface area (Å²) >= 11 is 0.